The molecule has 7 heteroatoms. The Morgan fingerprint density at radius 2 is 1.75 bits per heavy atom. The molecule has 2 fully saturated rings. The highest BCUT2D eigenvalue weighted by atomic mass is 28.4. The number of aromatic nitrogens is 1. The van der Waals surface area contributed by atoms with Crippen LogP contribution in [0, 0.1) is 11.8 Å². The highest BCUT2D eigenvalue weighted by Gasteiger charge is 2.38. The van der Waals surface area contributed by atoms with Crippen molar-refractivity contribution < 1.29 is 19.1 Å². The topological polar surface area (TPSA) is 71.9 Å². The molecule has 1 aromatic rings. The maximum Gasteiger partial charge on any atom is 0.410 e. The van der Waals surface area contributed by atoms with E-state index in [1.165, 1.54) is 37.7 Å². The Morgan fingerprint density at radius 1 is 1.08 bits per heavy atom. The SMILES string of the molecule is CC(C)(C)OC(=O)N1CCC[C@H]1COc1cncc(CC2CCC(CCC(C)(C)[Si](C)(C)O)CC2)c1. The molecule has 0 spiro atoms. The number of nitrogens with zero attached hydrogens (tertiary/aromatic N) is 2. The molecule has 2 aliphatic rings. The van der Waals surface area contributed by atoms with Crippen LogP contribution in [-0.2, 0) is 11.2 Å². The molecule has 1 saturated carbocycles. The maximum atomic E-state index is 12.5. The van der Waals surface area contributed by atoms with Crippen molar-refractivity contribution >= 4 is 14.4 Å². The van der Waals surface area contributed by atoms with E-state index < -0.39 is 13.9 Å². The second-order valence-corrected chi connectivity index (χ2v) is 17.9. The Bertz CT molecular complexity index is 854. The average molecular weight is 519 g/mol. The molecule has 1 atom stereocenters. The number of hydrogen-bond acceptors (Lipinski definition) is 5. The predicted molar refractivity (Wildman–Crippen MR) is 148 cm³/mol. The van der Waals surface area contributed by atoms with Gasteiger partial charge in [0, 0.05) is 12.7 Å². The molecule has 1 N–H and O–H groups in total. The first-order valence-corrected chi connectivity index (χ1v) is 17.0. The monoisotopic (exact) mass is 518 g/mol. The number of pyridine rings is 1. The van der Waals surface area contributed by atoms with Crippen molar-refractivity contribution in [3.8, 4) is 5.75 Å². The summed E-state index contributed by atoms with van der Waals surface area (Å²) in [6, 6.07) is 2.17. The van der Waals surface area contributed by atoms with Gasteiger partial charge in [0.05, 0.1) is 12.2 Å². The zero-order valence-electron chi connectivity index (χ0n) is 23.8. The van der Waals surface area contributed by atoms with Gasteiger partial charge in [0.1, 0.15) is 18.0 Å². The minimum atomic E-state index is -2.12. The van der Waals surface area contributed by atoms with Gasteiger partial charge in [0.15, 0.2) is 8.32 Å². The summed E-state index contributed by atoms with van der Waals surface area (Å²) in [6.07, 6.45) is 14.0. The molecule has 6 nitrogen and oxygen atoms in total. The number of carbonyl (C=O) groups is 1. The van der Waals surface area contributed by atoms with Gasteiger partial charge in [0.25, 0.3) is 0 Å². The van der Waals surface area contributed by atoms with E-state index in [0.29, 0.717) is 12.5 Å². The van der Waals surface area contributed by atoms with Crippen LogP contribution in [0.15, 0.2) is 18.5 Å². The highest BCUT2D eigenvalue weighted by molar-refractivity contribution is 6.72. The number of carbonyl (C=O) groups excluding carboxylic acids is 1. The zero-order valence-corrected chi connectivity index (χ0v) is 24.8. The molecule has 1 aliphatic heterocycles. The van der Waals surface area contributed by atoms with Crippen LogP contribution in [0.2, 0.25) is 18.1 Å². The summed E-state index contributed by atoms with van der Waals surface area (Å²) < 4.78 is 11.7. The standard InChI is InChI=1S/C29H50N2O4Si/c1-28(2,3)35-27(32)31-16-8-9-25(31)21-34-26-18-24(19-30-20-26)17-23-12-10-22(11-13-23)14-15-29(4,5)36(6,7)33/h18-20,22-23,25,33H,8-17,21H2,1-7H3/t22?,23?,25-/m0/s1. The molecular formula is C29H50N2O4Si. The van der Waals surface area contributed by atoms with E-state index >= 15 is 0 Å². The summed E-state index contributed by atoms with van der Waals surface area (Å²) in [4.78, 5) is 29.4. The molecule has 0 aromatic carbocycles. The van der Waals surface area contributed by atoms with Gasteiger partial charge in [0.2, 0.25) is 0 Å². The summed E-state index contributed by atoms with van der Waals surface area (Å²) in [5.74, 6) is 2.28. The van der Waals surface area contributed by atoms with E-state index in [4.69, 9.17) is 9.47 Å². The van der Waals surface area contributed by atoms with Crippen molar-refractivity contribution in [3.63, 3.8) is 0 Å². The minimum Gasteiger partial charge on any atom is -0.490 e. The van der Waals surface area contributed by atoms with E-state index in [2.05, 4.69) is 38.0 Å². The molecule has 1 aliphatic carbocycles. The molecule has 36 heavy (non-hydrogen) atoms. The Labute approximate surface area is 220 Å². The minimum absolute atomic E-state index is 0.0443. The number of ether oxygens (including phenoxy) is 2. The van der Waals surface area contributed by atoms with Crippen LogP contribution >= 0.6 is 0 Å². The van der Waals surface area contributed by atoms with Gasteiger partial charge in [-0.25, -0.2) is 4.79 Å². The summed E-state index contributed by atoms with van der Waals surface area (Å²) in [6.45, 7) is 15.5. The lowest BCUT2D eigenvalue weighted by Gasteiger charge is -2.37. The van der Waals surface area contributed by atoms with Crippen LogP contribution in [-0.4, -0.2) is 53.9 Å². The largest absolute Gasteiger partial charge is 0.490 e. The Balaban J connectivity index is 1.44. The first-order valence-electron chi connectivity index (χ1n) is 14.0. The van der Waals surface area contributed by atoms with Crippen LogP contribution in [0.5, 0.6) is 5.75 Å². The lowest BCUT2D eigenvalue weighted by atomic mass is 9.77. The first kappa shape index (κ1) is 29.0. The van der Waals surface area contributed by atoms with Crippen molar-refractivity contribution in [2.24, 2.45) is 11.8 Å². The van der Waals surface area contributed by atoms with Crippen molar-refractivity contribution in [2.45, 2.75) is 122 Å². The molecule has 0 unspecified atom stereocenters. The molecule has 1 saturated heterocycles. The van der Waals surface area contributed by atoms with E-state index in [1.807, 2.05) is 31.9 Å². The summed E-state index contributed by atoms with van der Waals surface area (Å²) in [5.41, 5.74) is 0.747. The highest BCUT2D eigenvalue weighted by Crippen LogP contribution is 2.43. The lowest BCUT2D eigenvalue weighted by Crippen LogP contribution is -2.42. The van der Waals surface area contributed by atoms with Crippen molar-refractivity contribution in [1.29, 1.82) is 0 Å². The van der Waals surface area contributed by atoms with Crippen molar-refractivity contribution in [1.82, 2.24) is 9.88 Å². The summed E-state index contributed by atoms with van der Waals surface area (Å²) in [7, 11) is -2.12. The van der Waals surface area contributed by atoms with Gasteiger partial charge in [-0.2, -0.15) is 0 Å². The van der Waals surface area contributed by atoms with Gasteiger partial charge < -0.3 is 19.2 Å². The third-order valence-electron chi connectivity index (χ3n) is 8.54. The van der Waals surface area contributed by atoms with Gasteiger partial charge in [-0.15, -0.1) is 0 Å². The zero-order chi connectivity index (χ0) is 26.6. The molecule has 3 rings (SSSR count). The van der Waals surface area contributed by atoms with Crippen LogP contribution in [0.1, 0.15) is 91.5 Å². The van der Waals surface area contributed by atoms with E-state index in [-0.39, 0.29) is 17.2 Å². The normalized spacial score (nSPS) is 23.6. The van der Waals surface area contributed by atoms with Gasteiger partial charge in [-0.3, -0.25) is 4.98 Å². The number of rotatable bonds is 9. The van der Waals surface area contributed by atoms with Crippen LogP contribution < -0.4 is 4.74 Å². The van der Waals surface area contributed by atoms with Gasteiger partial charge in [-0.05, 0) is 101 Å². The summed E-state index contributed by atoms with van der Waals surface area (Å²) in [5, 5.41) is 0.0817. The first-order chi connectivity index (χ1) is 16.7. The summed E-state index contributed by atoms with van der Waals surface area (Å²) >= 11 is 0. The fourth-order valence-corrected chi connectivity index (χ4v) is 6.10. The number of likely N-dealkylation sites (tertiary alicyclic amines) is 1. The van der Waals surface area contributed by atoms with Gasteiger partial charge in [-0.1, -0.05) is 33.1 Å². The molecule has 0 radical (unpaired) electrons. The fraction of sp³-hybridized carbons (Fsp3) is 0.793. The average Bonchev–Trinajstić information content (AvgIpc) is 3.25. The van der Waals surface area contributed by atoms with Crippen LogP contribution in [0.3, 0.4) is 0 Å². The Kier molecular flexibility index (Phi) is 9.53. The Hall–Kier alpha value is -1.60. The smallest absolute Gasteiger partial charge is 0.410 e. The Morgan fingerprint density at radius 3 is 2.39 bits per heavy atom. The van der Waals surface area contributed by atoms with Crippen LogP contribution in [0.4, 0.5) is 4.79 Å². The third-order valence-corrected chi connectivity index (χ3v) is 12.1. The predicted octanol–water partition coefficient (Wildman–Crippen LogP) is 6.97. The third kappa shape index (κ3) is 8.47. The molecule has 1 amide bonds. The molecule has 1 aromatic heterocycles. The van der Waals surface area contributed by atoms with Crippen LogP contribution in [0.25, 0.3) is 0 Å². The maximum absolute atomic E-state index is 12.5. The van der Waals surface area contributed by atoms with E-state index in [9.17, 15) is 9.59 Å². The molecule has 2 heterocycles. The number of amides is 1. The fourth-order valence-electron chi connectivity index (χ4n) is 5.35. The van der Waals surface area contributed by atoms with Crippen molar-refractivity contribution in [2.75, 3.05) is 13.2 Å². The van der Waals surface area contributed by atoms with Crippen molar-refractivity contribution in [3.05, 3.63) is 24.0 Å². The van der Waals surface area contributed by atoms with E-state index in [1.54, 1.807) is 6.20 Å². The lowest BCUT2D eigenvalue weighted by molar-refractivity contribution is 0.0187. The second-order valence-electron chi connectivity index (χ2n) is 13.4. The quantitative estimate of drug-likeness (QED) is 0.358. The molecule has 0 bridgehead atoms. The second kappa shape index (κ2) is 11.8. The molecular weight excluding hydrogens is 468 g/mol. The number of hydrogen-bond donors (Lipinski definition) is 1. The molecule has 204 valence electrons. The van der Waals surface area contributed by atoms with E-state index in [0.717, 1.165) is 43.9 Å². The van der Waals surface area contributed by atoms with Gasteiger partial charge >= 0.3 is 6.09 Å².